The molecule has 60 heavy (non-hydrogen) atoms. The molecule has 0 aromatic heterocycles. The highest BCUT2D eigenvalue weighted by atomic mass is 14.3. The SMILES string of the molecule is N#Cc1ccc(-c2c3cc4c5ccccc5c5cccc(c3c(-c3ccc(C#N)cc3)c3c6cccc7c(-c8cc9ccccc9c9ccccc89)ccc(c23)c76)c54)cc1. The van der Waals surface area contributed by atoms with Crippen LogP contribution in [0.5, 0.6) is 0 Å². The molecule has 13 aromatic rings. The van der Waals surface area contributed by atoms with Crippen molar-refractivity contribution in [3.05, 3.63) is 193 Å². The fraction of sp³-hybridized carbons (Fsp3) is 0. The smallest absolute Gasteiger partial charge is 0.0991 e. The first-order valence-electron chi connectivity index (χ1n) is 20.4. The monoisotopic (exact) mass is 754 g/mol. The van der Waals surface area contributed by atoms with Gasteiger partial charge < -0.3 is 0 Å². The Bertz CT molecular complexity index is 4050. The van der Waals surface area contributed by atoms with E-state index >= 15 is 0 Å². The molecule has 0 saturated carbocycles. The Hall–Kier alpha value is -8.30. The zero-order chi connectivity index (χ0) is 39.6. The average molecular weight is 755 g/mol. The number of nitrogens with zero attached hydrogens (tertiary/aromatic N) is 2. The van der Waals surface area contributed by atoms with E-state index in [9.17, 15) is 10.5 Å². The molecule has 13 rings (SSSR count). The molecule has 272 valence electrons. The number of benzene rings is 11. The molecule has 0 heterocycles. The van der Waals surface area contributed by atoms with Crippen molar-refractivity contribution in [2.75, 3.05) is 0 Å². The highest BCUT2D eigenvalue weighted by molar-refractivity contribution is 6.45. The van der Waals surface area contributed by atoms with E-state index in [0.29, 0.717) is 11.1 Å². The molecule has 2 nitrogen and oxygen atoms in total. The normalized spacial score (nSPS) is 12.0. The second-order valence-electron chi connectivity index (χ2n) is 16.1. The second kappa shape index (κ2) is 12.1. The quantitative estimate of drug-likeness (QED) is 0.169. The summed E-state index contributed by atoms with van der Waals surface area (Å²) < 4.78 is 0. The first-order valence-corrected chi connectivity index (χ1v) is 20.4. The predicted molar refractivity (Wildman–Crippen MR) is 252 cm³/mol. The first kappa shape index (κ1) is 32.8. The summed E-state index contributed by atoms with van der Waals surface area (Å²) in [6, 6.07) is 70.3. The molecule has 0 atom stereocenters. The third-order valence-corrected chi connectivity index (χ3v) is 13.2. The largest absolute Gasteiger partial charge is 0.192 e. The molecule has 0 aliphatic rings. The van der Waals surface area contributed by atoms with Crippen molar-refractivity contribution >= 4 is 97.0 Å². The van der Waals surface area contributed by atoms with Crippen LogP contribution in [0, 0.1) is 22.7 Å². The molecule has 0 saturated heterocycles. The fourth-order valence-electron chi connectivity index (χ4n) is 10.7. The summed E-state index contributed by atoms with van der Waals surface area (Å²) in [5.41, 5.74) is 8.17. The van der Waals surface area contributed by atoms with Crippen molar-refractivity contribution in [2.45, 2.75) is 0 Å². The zero-order valence-electron chi connectivity index (χ0n) is 32.2. The number of fused-ring (bicyclic) bond motifs is 11. The molecular weight excluding hydrogens is 725 g/mol. The topological polar surface area (TPSA) is 47.6 Å². The highest BCUT2D eigenvalue weighted by Crippen LogP contribution is 2.55. The predicted octanol–water partition coefficient (Wildman–Crippen LogP) is 15.7. The van der Waals surface area contributed by atoms with Crippen LogP contribution in [-0.2, 0) is 0 Å². The van der Waals surface area contributed by atoms with E-state index < -0.39 is 0 Å². The van der Waals surface area contributed by atoms with E-state index in [4.69, 9.17) is 0 Å². The van der Waals surface area contributed by atoms with Crippen molar-refractivity contribution < 1.29 is 0 Å². The van der Waals surface area contributed by atoms with Gasteiger partial charge in [0.05, 0.1) is 23.3 Å². The fourth-order valence-corrected chi connectivity index (χ4v) is 10.7. The Balaban J connectivity index is 1.28. The van der Waals surface area contributed by atoms with Crippen LogP contribution in [0.3, 0.4) is 0 Å². The van der Waals surface area contributed by atoms with Crippen molar-refractivity contribution in [1.82, 2.24) is 0 Å². The van der Waals surface area contributed by atoms with E-state index in [1.807, 2.05) is 24.3 Å². The molecule has 0 radical (unpaired) electrons. The lowest BCUT2D eigenvalue weighted by molar-refractivity contribution is 1.48. The van der Waals surface area contributed by atoms with E-state index in [-0.39, 0.29) is 0 Å². The number of nitriles is 2. The standard InChI is InChI=1S/C58H30N2/c59-31-33-19-23-35(24-20-33)52-51-30-50-42-14-6-4-12-40(42)44-15-7-17-46(55(44)50)56(51)53(36-25-21-34(32-60)22-26-36)58-47-18-8-16-45-43(27-28-48(54(45)47)57(52)58)49-29-37-9-1-2-10-38(37)39-11-3-5-13-41(39)49/h1-30H. The molecule has 0 bridgehead atoms. The molecule has 13 aromatic carbocycles. The Labute approximate surface area is 344 Å². The van der Waals surface area contributed by atoms with Gasteiger partial charge in [0, 0.05) is 0 Å². The molecule has 0 unspecified atom stereocenters. The molecule has 0 N–H and O–H groups in total. The van der Waals surface area contributed by atoms with Crippen LogP contribution in [0.2, 0.25) is 0 Å². The number of hydrogen-bond acceptors (Lipinski definition) is 2. The lowest BCUT2D eigenvalue weighted by Crippen LogP contribution is -1.92. The Kier molecular flexibility index (Phi) is 6.61. The van der Waals surface area contributed by atoms with Gasteiger partial charge in [0.2, 0.25) is 0 Å². The maximum absolute atomic E-state index is 9.91. The van der Waals surface area contributed by atoms with Gasteiger partial charge in [0.1, 0.15) is 0 Å². The molecule has 2 heteroatoms. The molecule has 0 aliphatic carbocycles. The van der Waals surface area contributed by atoms with E-state index in [0.717, 1.165) is 16.7 Å². The van der Waals surface area contributed by atoms with Gasteiger partial charge >= 0.3 is 0 Å². The average Bonchev–Trinajstić information content (AvgIpc) is 3.82. The van der Waals surface area contributed by atoms with Crippen LogP contribution in [0.15, 0.2) is 182 Å². The zero-order valence-corrected chi connectivity index (χ0v) is 32.2. The summed E-state index contributed by atoms with van der Waals surface area (Å²) in [7, 11) is 0. The van der Waals surface area contributed by atoms with Crippen molar-refractivity contribution in [3.63, 3.8) is 0 Å². The van der Waals surface area contributed by atoms with Gasteiger partial charge in [-0.25, -0.2) is 0 Å². The van der Waals surface area contributed by atoms with Crippen molar-refractivity contribution in [3.8, 4) is 45.5 Å². The minimum absolute atomic E-state index is 0.633. The lowest BCUT2D eigenvalue weighted by Gasteiger charge is -2.19. The third-order valence-electron chi connectivity index (χ3n) is 13.2. The van der Waals surface area contributed by atoms with Gasteiger partial charge in [-0.15, -0.1) is 0 Å². The van der Waals surface area contributed by atoms with Crippen LogP contribution < -0.4 is 0 Å². The van der Waals surface area contributed by atoms with Gasteiger partial charge in [0.25, 0.3) is 0 Å². The summed E-state index contributed by atoms with van der Waals surface area (Å²) >= 11 is 0. The van der Waals surface area contributed by atoms with Gasteiger partial charge in [0.15, 0.2) is 0 Å². The van der Waals surface area contributed by atoms with Gasteiger partial charge in [-0.3, -0.25) is 0 Å². The third kappa shape index (κ3) is 4.29. The van der Waals surface area contributed by atoms with Crippen LogP contribution >= 0.6 is 0 Å². The Morgan fingerprint density at radius 3 is 1.43 bits per heavy atom. The van der Waals surface area contributed by atoms with E-state index in [1.54, 1.807) is 0 Å². The maximum atomic E-state index is 9.91. The summed E-state index contributed by atoms with van der Waals surface area (Å²) in [4.78, 5) is 0. The van der Waals surface area contributed by atoms with Crippen LogP contribution in [0.4, 0.5) is 0 Å². The Morgan fingerprint density at radius 2 is 0.750 bits per heavy atom. The number of hydrogen-bond donors (Lipinski definition) is 0. The van der Waals surface area contributed by atoms with Crippen molar-refractivity contribution in [1.29, 1.82) is 10.5 Å². The highest BCUT2D eigenvalue weighted by Gasteiger charge is 2.27. The summed E-state index contributed by atoms with van der Waals surface area (Å²) in [6.45, 7) is 0. The minimum atomic E-state index is 0.633. The van der Waals surface area contributed by atoms with Crippen molar-refractivity contribution in [2.24, 2.45) is 0 Å². The van der Waals surface area contributed by atoms with E-state index in [2.05, 4.69) is 170 Å². The summed E-state index contributed by atoms with van der Waals surface area (Å²) in [5, 5.41) is 41.9. The lowest BCUT2D eigenvalue weighted by atomic mass is 9.83. The summed E-state index contributed by atoms with van der Waals surface area (Å²) in [5.74, 6) is 0. The minimum Gasteiger partial charge on any atom is -0.192 e. The molecular formula is C58H30N2. The molecule has 0 spiro atoms. The molecule has 0 aliphatic heterocycles. The Morgan fingerprint density at radius 1 is 0.267 bits per heavy atom. The first-order chi connectivity index (χ1) is 29.7. The van der Waals surface area contributed by atoms with Gasteiger partial charge in [-0.1, -0.05) is 146 Å². The van der Waals surface area contributed by atoms with Crippen LogP contribution in [0.25, 0.3) is 130 Å². The number of rotatable bonds is 3. The van der Waals surface area contributed by atoms with Crippen LogP contribution in [0.1, 0.15) is 11.1 Å². The summed E-state index contributed by atoms with van der Waals surface area (Å²) in [6.07, 6.45) is 0. The maximum Gasteiger partial charge on any atom is 0.0991 e. The van der Waals surface area contributed by atoms with Gasteiger partial charge in [-0.05, 0) is 167 Å². The molecule has 0 amide bonds. The van der Waals surface area contributed by atoms with Crippen LogP contribution in [-0.4, -0.2) is 0 Å². The van der Waals surface area contributed by atoms with E-state index in [1.165, 1.54) is 114 Å². The molecule has 0 fully saturated rings. The second-order valence-corrected chi connectivity index (χ2v) is 16.1. The van der Waals surface area contributed by atoms with Gasteiger partial charge in [-0.2, -0.15) is 10.5 Å².